The van der Waals surface area contributed by atoms with Crippen molar-refractivity contribution in [2.45, 2.75) is 31.1 Å². The van der Waals surface area contributed by atoms with Crippen molar-refractivity contribution >= 4 is 34.3 Å². The maximum absolute atomic E-state index is 12.9. The summed E-state index contributed by atoms with van der Waals surface area (Å²) in [5.41, 5.74) is 4.62. The summed E-state index contributed by atoms with van der Waals surface area (Å²) in [5, 5.41) is 3.33. The van der Waals surface area contributed by atoms with Gasteiger partial charge < -0.3 is 15.1 Å². The van der Waals surface area contributed by atoms with Crippen LogP contribution in [0.15, 0.2) is 42.5 Å². The Hall–Kier alpha value is -3.84. The highest BCUT2D eigenvalue weighted by Gasteiger charge is 2.44. The normalized spacial score (nSPS) is 20.4. The number of para-hydroxylation sites is 2. The van der Waals surface area contributed by atoms with Crippen molar-refractivity contribution in [3.05, 3.63) is 53.9 Å². The molecule has 2 unspecified atom stereocenters. The number of rotatable bonds is 4. The molecule has 1 fully saturated rings. The van der Waals surface area contributed by atoms with Gasteiger partial charge in [0.1, 0.15) is 11.5 Å². The molecule has 2 aromatic carbocycles. The lowest BCUT2D eigenvalue weighted by Gasteiger charge is -2.36. The third-order valence-corrected chi connectivity index (χ3v) is 6.02. The molecule has 0 radical (unpaired) electrons. The van der Waals surface area contributed by atoms with Gasteiger partial charge >= 0.3 is 12.1 Å². The number of H-pyrrole nitrogens is 1. The molecule has 5 rings (SSSR count). The number of hydrogen-bond donors (Lipinski definition) is 3. The number of anilines is 2. The predicted molar refractivity (Wildman–Crippen MR) is 118 cm³/mol. The molecule has 10 nitrogen and oxygen atoms in total. The number of carbonyl (C=O) groups is 2. The van der Waals surface area contributed by atoms with Crippen LogP contribution < -0.4 is 16.0 Å². The van der Waals surface area contributed by atoms with Gasteiger partial charge in [0.15, 0.2) is 0 Å². The predicted octanol–water partition coefficient (Wildman–Crippen LogP) is 3.23. The molecule has 1 amide bonds. The molecule has 2 atom stereocenters. The van der Waals surface area contributed by atoms with Gasteiger partial charge in [0.25, 0.3) is 5.91 Å². The van der Waals surface area contributed by atoms with Crippen LogP contribution in [0.2, 0.25) is 0 Å². The van der Waals surface area contributed by atoms with E-state index in [1.807, 2.05) is 31.3 Å². The van der Waals surface area contributed by atoms with E-state index < -0.39 is 12.1 Å². The number of alkyl halides is 3. The van der Waals surface area contributed by atoms with E-state index in [0.29, 0.717) is 11.6 Å². The Labute approximate surface area is 196 Å². The average Bonchev–Trinajstić information content (AvgIpc) is 3.43. The van der Waals surface area contributed by atoms with Crippen LogP contribution in [0.1, 0.15) is 35.1 Å². The molecule has 35 heavy (non-hydrogen) atoms. The lowest BCUT2D eigenvalue weighted by molar-refractivity contribution is -0.212. The molecule has 13 heteroatoms. The molecular weight excluding hydrogens is 469 g/mol. The van der Waals surface area contributed by atoms with Crippen LogP contribution in [-0.4, -0.2) is 52.6 Å². The molecule has 3 aromatic rings. The van der Waals surface area contributed by atoms with Crippen LogP contribution >= 0.6 is 0 Å². The number of nitrogens with zero attached hydrogens (tertiary/aromatic N) is 3. The van der Waals surface area contributed by atoms with Gasteiger partial charge in [0.2, 0.25) is 0 Å². The maximum atomic E-state index is 12.9. The molecular formula is C22H21F3N6O4. The number of fused-ring (bicyclic) bond motifs is 2. The number of aromatic nitrogens is 2. The van der Waals surface area contributed by atoms with E-state index in [4.69, 9.17) is 9.92 Å². The molecule has 1 saturated heterocycles. The standard InChI is InChI=1S/C22H21F3N6O4/c1-30-9-8-13(11-18(30)19-27-14-4-2-3-5-15(14)28-19)26-20(32)12-6-7-17-16(10-12)29-35-31(17)34-21(33)22(23,24)25/h2-7,10,13,18,29H,8-9,11H2,1H3,(H,26,32)(H,27,28). The minimum Gasteiger partial charge on any atom is -0.349 e. The topological polar surface area (TPSA) is 112 Å². The Morgan fingerprint density at radius 3 is 2.80 bits per heavy atom. The smallest absolute Gasteiger partial charge is 0.349 e. The Balaban J connectivity index is 1.25. The first-order chi connectivity index (χ1) is 16.7. The van der Waals surface area contributed by atoms with E-state index in [-0.39, 0.29) is 34.9 Å². The monoisotopic (exact) mass is 490 g/mol. The van der Waals surface area contributed by atoms with Gasteiger partial charge in [-0.25, -0.2) is 15.3 Å². The summed E-state index contributed by atoms with van der Waals surface area (Å²) in [6, 6.07) is 11.8. The fraction of sp³-hybridized carbons (Fsp3) is 0.318. The van der Waals surface area contributed by atoms with Gasteiger partial charge in [-0.2, -0.15) is 13.2 Å². The van der Waals surface area contributed by atoms with Crippen molar-refractivity contribution < 1.29 is 32.5 Å². The van der Waals surface area contributed by atoms with Crippen molar-refractivity contribution in [3.8, 4) is 0 Å². The molecule has 3 heterocycles. The zero-order valence-electron chi connectivity index (χ0n) is 18.4. The third-order valence-electron chi connectivity index (χ3n) is 6.02. The number of aromatic amines is 1. The van der Waals surface area contributed by atoms with E-state index in [0.717, 1.165) is 29.8 Å². The number of hydrogen-bond acceptors (Lipinski definition) is 8. The minimum absolute atomic E-state index is 0.00610. The number of likely N-dealkylation sites (tertiary alicyclic amines) is 1. The molecule has 0 spiro atoms. The fourth-order valence-electron chi connectivity index (χ4n) is 4.19. The Bertz CT molecular complexity index is 1250. The van der Waals surface area contributed by atoms with Crippen molar-refractivity contribution in [2.75, 3.05) is 24.3 Å². The second-order valence-corrected chi connectivity index (χ2v) is 8.39. The summed E-state index contributed by atoms with van der Waals surface area (Å²) < 4.78 is 37.3. The number of nitrogens with one attached hydrogen (secondary N) is 3. The molecule has 0 aliphatic carbocycles. The van der Waals surface area contributed by atoms with E-state index in [9.17, 15) is 22.8 Å². The SMILES string of the molecule is CN1CCC(NC(=O)c2ccc3c(c2)NON3OC(=O)C(F)(F)F)CC1c1nc2ccccc2[nH]1. The highest BCUT2D eigenvalue weighted by Crippen LogP contribution is 2.34. The number of carbonyl (C=O) groups excluding carboxylic acids is 2. The second-order valence-electron chi connectivity index (χ2n) is 8.39. The lowest BCUT2D eigenvalue weighted by Crippen LogP contribution is -2.45. The zero-order chi connectivity index (χ0) is 24.7. The summed E-state index contributed by atoms with van der Waals surface area (Å²) in [6.45, 7) is 0.756. The van der Waals surface area contributed by atoms with Gasteiger partial charge in [-0.3, -0.25) is 9.69 Å². The number of imidazole rings is 1. The van der Waals surface area contributed by atoms with Crippen LogP contribution in [0.25, 0.3) is 11.0 Å². The molecule has 184 valence electrons. The fourth-order valence-corrected chi connectivity index (χ4v) is 4.19. The van der Waals surface area contributed by atoms with Gasteiger partial charge in [0.05, 0.1) is 22.8 Å². The quantitative estimate of drug-likeness (QED) is 0.511. The summed E-state index contributed by atoms with van der Waals surface area (Å²) >= 11 is 0. The Morgan fingerprint density at radius 1 is 1.23 bits per heavy atom. The maximum Gasteiger partial charge on any atom is 0.493 e. The first-order valence-electron chi connectivity index (χ1n) is 10.8. The molecule has 1 aromatic heterocycles. The van der Waals surface area contributed by atoms with Crippen molar-refractivity contribution in [2.24, 2.45) is 0 Å². The van der Waals surface area contributed by atoms with E-state index >= 15 is 0 Å². The number of amides is 1. The molecule has 2 aliphatic rings. The number of piperidine rings is 1. The van der Waals surface area contributed by atoms with E-state index in [1.165, 1.54) is 18.2 Å². The molecule has 2 aliphatic heterocycles. The largest absolute Gasteiger partial charge is 0.493 e. The molecule has 0 bridgehead atoms. The number of benzene rings is 2. The lowest BCUT2D eigenvalue weighted by atomic mass is 9.96. The first kappa shape index (κ1) is 22.9. The van der Waals surface area contributed by atoms with Crippen LogP contribution in [0.4, 0.5) is 24.5 Å². The highest BCUT2D eigenvalue weighted by molar-refractivity contribution is 5.96. The van der Waals surface area contributed by atoms with Crippen LogP contribution in [-0.2, 0) is 14.6 Å². The summed E-state index contributed by atoms with van der Waals surface area (Å²) in [4.78, 5) is 43.2. The average molecular weight is 490 g/mol. The van der Waals surface area contributed by atoms with Gasteiger partial charge in [-0.1, -0.05) is 12.1 Å². The summed E-state index contributed by atoms with van der Waals surface area (Å²) in [5.74, 6) is -1.95. The molecule has 0 saturated carbocycles. The Kier molecular flexibility index (Phi) is 5.73. The third kappa shape index (κ3) is 4.59. The van der Waals surface area contributed by atoms with E-state index in [2.05, 4.69) is 25.5 Å². The van der Waals surface area contributed by atoms with E-state index in [1.54, 1.807) is 0 Å². The Morgan fingerprint density at radius 2 is 2.03 bits per heavy atom. The van der Waals surface area contributed by atoms with Gasteiger partial charge in [-0.15, -0.1) is 4.94 Å². The zero-order valence-corrected chi connectivity index (χ0v) is 18.4. The highest BCUT2D eigenvalue weighted by atomic mass is 19.4. The first-order valence-corrected chi connectivity index (χ1v) is 10.8. The summed E-state index contributed by atoms with van der Waals surface area (Å²) in [7, 11) is 2.01. The van der Waals surface area contributed by atoms with Crippen LogP contribution in [0.5, 0.6) is 0 Å². The van der Waals surface area contributed by atoms with Crippen LogP contribution in [0.3, 0.4) is 0 Å². The van der Waals surface area contributed by atoms with Crippen molar-refractivity contribution in [1.82, 2.24) is 20.2 Å². The van der Waals surface area contributed by atoms with Crippen molar-refractivity contribution in [1.29, 1.82) is 0 Å². The van der Waals surface area contributed by atoms with Gasteiger partial charge in [-0.05, 0) is 55.4 Å². The second kappa shape index (κ2) is 8.74. The van der Waals surface area contributed by atoms with Crippen LogP contribution in [0, 0.1) is 0 Å². The molecule has 3 N–H and O–H groups in total. The summed E-state index contributed by atoms with van der Waals surface area (Å²) in [6.07, 6.45) is -3.79. The van der Waals surface area contributed by atoms with Crippen molar-refractivity contribution in [3.63, 3.8) is 0 Å². The van der Waals surface area contributed by atoms with Gasteiger partial charge in [0, 0.05) is 18.2 Å². The minimum atomic E-state index is -5.18. The number of halogens is 3.